The lowest BCUT2D eigenvalue weighted by atomic mass is 10.1. The number of amides is 2. The second-order valence-electron chi connectivity index (χ2n) is 6.70. The van der Waals surface area contributed by atoms with Gasteiger partial charge in [-0.3, -0.25) is 9.59 Å². The van der Waals surface area contributed by atoms with E-state index in [0.29, 0.717) is 23.9 Å². The minimum Gasteiger partial charge on any atom is -0.354 e. The van der Waals surface area contributed by atoms with Crippen LogP contribution in [0.1, 0.15) is 31.4 Å². The van der Waals surface area contributed by atoms with Crippen molar-refractivity contribution in [2.75, 3.05) is 12.3 Å². The second kappa shape index (κ2) is 12.3. The molecule has 0 fully saturated rings. The number of thioether (sulfide) groups is 1. The largest absolute Gasteiger partial charge is 0.354 e. The molecular weight excluding hydrogens is 472 g/mol. The van der Waals surface area contributed by atoms with Gasteiger partial charge in [-0.2, -0.15) is 0 Å². The Bertz CT molecular complexity index is 817. The highest BCUT2D eigenvalue weighted by Crippen LogP contribution is 2.21. The summed E-state index contributed by atoms with van der Waals surface area (Å²) in [6, 6.07) is 14.9. The number of rotatable bonds is 10. The number of carbonyl (C=O) groups is 2. The molecule has 2 rings (SSSR count). The highest BCUT2D eigenvalue weighted by molar-refractivity contribution is 9.10. The fourth-order valence-corrected chi connectivity index (χ4v) is 4.04. The van der Waals surface area contributed by atoms with Crippen molar-refractivity contribution in [2.45, 2.75) is 38.6 Å². The first-order chi connectivity index (χ1) is 13.9. The highest BCUT2D eigenvalue weighted by atomic mass is 79.9. The van der Waals surface area contributed by atoms with Gasteiger partial charge in [-0.1, -0.05) is 64.8 Å². The molecule has 2 aromatic carbocycles. The fourth-order valence-electron chi connectivity index (χ4n) is 2.71. The molecule has 0 bridgehead atoms. The van der Waals surface area contributed by atoms with Crippen molar-refractivity contribution in [1.82, 2.24) is 10.2 Å². The van der Waals surface area contributed by atoms with Crippen LogP contribution >= 0.6 is 39.3 Å². The van der Waals surface area contributed by atoms with Crippen LogP contribution in [0.4, 0.5) is 0 Å². The normalized spacial score (nSPS) is 11.7. The Hall–Kier alpha value is -1.50. The summed E-state index contributed by atoms with van der Waals surface area (Å²) in [5, 5.41) is 3.47. The van der Waals surface area contributed by atoms with Gasteiger partial charge in [0.2, 0.25) is 11.8 Å². The van der Waals surface area contributed by atoms with Crippen LogP contribution in [0.5, 0.6) is 0 Å². The molecule has 2 amide bonds. The molecule has 0 aliphatic heterocycles. The highest BCUT2D eigenvalue weighted by Gasteiger charge is 2.26. The van der Waals surface area contributed by atoms with Gasteiger partial charge in [0.25, 0.3) is 0 Å². The van der Waals surface area contributed by atoms with E-state index in [0.717, 1.165) is 27.8 Å². The van der Waals surface area contributed by atoms with Crippen molar-refractivity contribution in [3.05, 3.63) is 69.2 Å². The summed E-state index contributed by atoms with van der Waals surface area (Å²) in [5.41, 5.74) is 1.98. The maximum atomic E-state index is 13.0. The first-order valence-corrected chi connectivity index (χ1v) is 11.9. The smallest absolute Gasteiger partial charge is 0.242 e. The van der Waals surface area contributed by atoms with Crippen LogP contribution in [0.3, 0.4) is 0 Å². The van der Waals surface area contributed by atoms with Crippen molar-refractivity contribution in [1.29, 1.82) is 0 Å². The summed E-state index contributed by atoms with van der Waals surface area (Å²) in [6.45, 7) is 4.66. The fraction of sp³-hybridized carbons (Fsp3) is 0.364. The molecule has 1 atom stereocenters. The summed E-state index contributed by atoms with van der Waals surface area (Å²) in [4.78, 5) is 27.1. The van der Waals surface area contributed by atoms with E-state index in [-0.39, 0.29) is 11.8 Å². The third-order valence-corrected chi connectivity index (χ3v) is 6.31. The molecule has 4 nitrogen and oxygen atoms in total. The molecule has 156 valence electrons. The van der Waals surface area contributed by atoms with Gasteiger partial charge in [-0.25, -0.2) is 0 Å². The Morgan fingerprint density at radius 1 is 1.17 bits per heavy atom. The van der Waals surface area contributed by atoms with Crippen LogP contribution in [0.2, 0.25) is 5.02 Å². The topological polar surface area (TPSA) is 49.4 Å². The predicted molar refractivity (Wildman–Crippen MR) is 125 cm³/mol. The van der Waals surface area contributed by atoms with Crippen LogP contribution in [-0.2, 0) is 21.9 Å². The zero-order chi connectivity index (χ0) is 21.2. The lowest BCUT2D eigenvalue weighted by molar-refractivity contribution is -0.138. The van der Waals surface area contributed by atoms with Crippen LogP contribution in [0, 0.1) is 0 Å². The number of benzene rings is 2. The number of nitrogens with one attached hydrogen (secondary N) is 1. The minimum absolute atomic E-state index is 0.0776. The van der Waals surface area contributed by atoms with Gasteiger partial charge in [-0.15, -0.1) is 11.8 Å². The first-order valence-electron chi connectivity index (χ1n) is 9.55. The quantitative estimate of drug-likeness (QED) is 0.486. The van der Waals surface area contributed by atoms with Gasteiger partial charge >= 0.3 is 0 Å². The molecule has 0 radical (unpaired) electrons. The van der Waals surface area contributed by atoms with Crippen LogP contribution in [0.15, 0.2) is 53.0 Å². The second-order valence-corrected chi connectivity index (χ2v) is 9.01. The number of halogens is 2. The van der Waals surface area contributed by atoms with Crippen molar-refractivity contribution < 1.29 is 9.59 Å². The van der Waals surface area contributed by atoms with E-state index in [2.05, 4.69) is 21.2 Å². The lowest BCUT2D eigenvalue weighted by Gasteiger charge is -2.29. The molecule has 7 heteroatoms. The van der Waals surface area contributed by atoms with Gasteiger partial charge in [0.05, 0.1) is 5.75 Å². The summed E-state index contributed by atoms with van der Waals surface area (Å²) in [7, 11) is 0. The first kappa shape index (κ1) is 23.8. The zero-order valence-electron chi connectivity index (χ0n) is 16.7. The van der Waals surface area contributed by atoms with Gasteiger partial charge < -0.3 is 10.2 Å². The molecule has 0 aromatic heterocycles. The Balaban J connectivity index is 2.05. The Labute approximate surface area is 190 Å². The molecule has 0 saturated carbocycles. The predicted octanol–water partition coefficient (Wildman–Crippen LogP) is 5.28. The molecule has 0 heterocycles. The van der Waals surface area contributed by atoms with Crippen LogP contribution < -0.4 is 5.32 Å². The molecule has 0 saturated heterocycles. The molecule has 2 aromatic rings. The van der Waals surface area contributed by atoms with E-state index >= 15 is 0 Å². The number of hydrogen-bond donors (Lipinski definition) is 1. The molecular formula is C22H26BrClN2O2S. The van der Waals surface area contributed by atoms with Crippen LogP contribution in [-0.4, -0.2) is 35.1 Å². The van der Waals surface area contributed by atoms with Gasteiger partial charge in [0.1, 0.15) is 6.04 Å². The standard InChI is InChI=1S/C22H26BrClN2O2S/c1-3-12-25-22(28)16(2)26(13-18-6-4-5-7-20(18)24)21(27)15-29-14-17-8-10-19(23)11-9-17/h4-11,16H,3,12-15H2,1-2H3,(H,25,28)/t16-/m1/s1. The summed E-state index contributed by atoms with van der Waals surface area (Å²) in [5.74, 6) is 0.803. The molecule has 0 aliphatic rings. The summed E-state index contributed by atoms with van der Waals surface area (Å²) < 4.78 is 1.03. The molecule has 1 N–H and O–H groups in total. The average molecular weight is 498 g/mol. The average Bonchev–Trinajstić information content (AvgIpc) is 2.72. The summed E-state index contributed by atoms with van der Waals surface area (Å²) in [6.07, 6.45) is 0.847. The molecule has 0 spiro atoms. The van der Waals surface area contributed by atoms with E-state index in [9.17, 15) is 9.59 Å². The van der Waals surface area contributed by atoms with Gasteiger partial charge in [0, 0.05) is 28.3 Å². The minimum atomic E-state index is -0.571. The van der Waals surface area contributed by atoms with Gasteiger partial charge in [-0.05, 0) is 42.7 Å². The van der Waals surface area contributed by atoms with Crippen LogP contribution in [0.25, 0.3) is 0 Å². The Kier molecular flexibility index (Phi) is 10.0. The van der Waals surface area contributed by atoms with E-state index in [1.165, 1.54) is 11.8 Å². The summed E-state index contributed by atoms with van der Waals surface area (Å²) >= 11 is 11.3. The number of hydrogen-bond acceptors (Lipinski definition) is 3. The monoisotopic (exact) mass is 496 g/mol. The zero-order valence-corrected chi connectivity index (χ0v) is 19.8. The lowest BCUT2D eigenvalue weighted by Crippen LogP contribution is -2.48. The van der Waals surface area contributed by atoms with Crippen molar-refractivity contribution in [3.8, 4) is 0 Å². The maximum absolute atomic E-state index is 13.0. The molecule has 29 heavy (non-hydrogen) atoms. The van der Waals surface area contributed by atoms with Crippen molar-refractivity contribution in [2.24, 2.45) is 0 Å². The van der Waals surface area contributed by atoms with E-state index in [1.807, 2.05) is 49.4 Å². The van der Waals surface area contributed by atoms with Gasteiger partial charge in [0.15, 0.2) is 0 Å². The third-order valence-electron chi connectivity index (χ3n) is 4.42. The van der Waals surface area contributed by atoms with Crippen molar-refractivity contribution >= 4 is 51.1 Å². The Morgan fingerprint density at radius 3 is 2.52 bits per heavy atom. The maximum Gasteiger partial charge on any atom is 0.242 e. The molecule has 0 aliphatic carbocycles. The van der Waals surface area contributed by atoms with E-state index < -0.39 is 6.04 Å². The SMILES string of the molecule is CCCNC(=O)[C@@H](C)N(Cc1ccccc1Cl)C(=O)CSCc1ccc(Br)cc1. The number of carbonyl (C=O) groups excluding carboxylic acids is 2. The molecule has 0 unspecified atom stereocenters. The van der Waals surface area contributed by atoms with Crippen molar-refractivity contribution in [3.63, 3.8) is 0 Å². The third kappa shape index (κ3) is 7.68. The van der Waals surface area contributed by atoms with E-state index in [1.54, 1.807) is 17.9 Å². The number of nitrogens with zero attached hydrogens (tertiary/aromatic N) is 1. The Morgan fingerprint density at radius 2 is 1.86 bits per heavy atom. The van der Waals surface area contributed by atoms with E-state index in [4.69, 9.17) is 11.6 Å².